The molecule has 0 radical (unpaired) electrons. The number of hydrogen-bond donors (Lipinski definition) is 1. The lowest BCUT2D eigenvalue weighted by molar-refractivity contribution is 0.413. The van der Waals surface area contributed by atoms with Crippen LogP contribution in [0.2, 0.25) is 0 Å². The zero-order valence-corrected chi connectivity index (χ0v) is 10.3. The quantitative estimate of drug-likeness (QED) is 0.569. The Balaban J connectivity index is 2.24. The third-order valence-electron chi connectivity index (χ3n) is 2.06. The second-order valence-corrected chi connectivity index (χ2v) is 4.40. The Hall–Kier alpha value is -0.670. The first kappa shape index (κ1) is 12.4. The van der Waals surface area contributed by atoms with Crippen LogP contribution in [0.5, 0.6) is 5.75 Å². The molecule has 0 bridgehead atoms. The van der Waals surface area contributed by atoms with Crippen molar-refractivity contribution in [3.05, 3.63) is 24.3 Å². The SMILES string of the molecule is CCNCCCSc1cccc(OC)c1. The Labute approximate surface area is 96.4 Å². The molecule has 0 spiro atoms. The second-order valence-electron chi connectivity index (χ2n) is 3.23. The molecule has 84 valence electrons. The van der Waals surface area contributed by atoms with Crippen LogP contribution in [0.25, 0.3) is 0 Å². The van der Waals surface area contributed by atoms with Crippen molar-refractivity contribution in [3.8, 4) is 5.75 Å². The van der Waals surface area contributed by atoms with Crippen molar-refractivity contribution < 1.29 is 4.74 Å². The Bertz CT molecular complexity index is 278. The fourth-order valence-electron chi connectivity index (χ4n) is 1.25. The van der Waals surface area contributed by atoms with Gasteiger partial charge in [-0.1, -0.05) is 13.0 Å². The molecule has 0 atom stereocenters. The minimum Gasteiger partial charge on any atom is -0.497 e. The summed E-state index contributed by atoms with van der Waals surface area (Å²) in [6.07, 6.45) is 1.20. The van der Waals surface area contributed by atoms with Gasteiger partial charge in [-0.3, -0.25) is 0 Å². The molecule has 3 heteroatoms. The van der Waals surface area contributed by atoms with Gasteiger partial charge in [0.2, 0.25) is 0 Å². The Morgan fingerprint density at radius 3 is 3.00 bits per heavy atom. The van der Waals surface area contributed by atoms with Gasteiger partial charge in [0.1, 0.15) is 5.75 Å². The normalized spacial score (nSPS) is 10.3. The third-order valence-corrected chi connectivity index (χ3v) is 3.14. The molecule has 0 saturated heterocycles. The highest BCUT2D eigenvalue weighted by Crippen LogP contribution is 2.22. The fraction of sp³-hybridized carbons (Fsp3) is 0.500. The van der Waals surface area contributed by atoms with Crippen molar-refractivity contribution in [3.63, 3.8) is 0 Å². The van der Waals surface area contributed by atoms with Gasteiger partial charge in [-0.05, 0) is 43.5 Å². The number of hydrogen-bond acceptors (Lipinski definition) is 3. The number of ether oxygens (including phenoxy) is 1. The molecule has 1 rings (SSSR count). The maximum atomic E-state index is 5.17. The maximum Gasteiger partial charge on any atom is 0.119 e. The molecule has 2 nitrogen and oxygen atoms in total. The van der Waals surface area contributed by atoms with Gasteiger partial charge in [-0.2, -0.15) is 0 Å². The summed E-state index contributed by atoms with van der Waals surface area (Å²) in [6.45, 7) is 4.30. The second kappa shape index (κ2) is 7.60. The first-order chi connectivity index (χ1) is 7.36. The summed E-state index contributed by atoms with van der Waals surface area (Å²) in [5, 5.41) is 3.32. The summed E-state index contributed by atoms with van der Waals surface area (Å²) in [7, 11) is 1.70. The lowest BCUT2D eigenvalue weighted by atomic mass is 10.3. The average molecular weight is 225 g/mol. The zero-order chi connectivity index (χ0) is 10.9. The van der Waals surface area contributed by atoms with Crippen LogP contribution in [0.15, 0.2) is 29.2 Å². The number of thioether (sulfide) groups is 1. The molecule has 15 heavy (non-hydrogen) atoms. The Morgan fingerprint density at radius 2 is 2.27 bits per heavy atom. The molecular formula is C12H19NOS. The molecule has 0 aromatic heterocycles. The van der Waals surface area contributed by atoms with Crippen molar-refractivity contribution in [2.45, 2.75) is 18.2 Å². The van der Waals surface area contributed by atoms with Crippen molar-refractivity contribution in [2.24, 2.45) is 0 Å². The zero-order valence-electron chi connectivity index (χ0n) is 9.45. The van der Waals surface area contributed by atoms with Gasteiger partial charge in [0, 0.05) is 4.90 Å². The molecule has 0 aliphatic rings. The van der Waals surface area contributed by atoms with E-state index < -0.39 is 0 Å². The number of methoxy groups -OCH3 is 1. The van der Waals surface area contributed by atoms with E-state index in [9.17, 15) is 0 Å². The molecule has 1 aromatic carbocycles. The van der Waals surface area contributed by atoms with E-state index in [-0.39, 0.29) is 0 Å². The minimum atomic E-state index is 0.937. The predicted molar refractivity (Wildman–Crippen MR) is 66.9 cm³/mol. The topological polar surface area (TPSA) is 21.3 Å². The molecular weight excluding hydrogens is 206 g/mol. The number of rotatable bonds is 7. The third kappa shape index (κ3) is 5.09. The van der Waals surface area contributed by atoms with E-state index in [1.807, 2.05) is 23.9 Å². The first-order valence-corrected chi connectivity index (χ1v) is 6.33. The largest absolute Gasteiger partial charge is 0.497 e. The van der Waals surface area contributed by atoms with Gasteiger partial charge in [-0.15, -0.1) is 11.8 Å². The smallest absolute Gasteiger partial charge is 0.119 e. The van der Waals surface area contributed by atoms with Crippen LogP contribution in [0.1, 0.15) is 13.3 Å². The van der Waals surface area contributed by atoms with Crippen LogP contribution in [-0.2, 0) is 0 Å². The molecule has 0 amide bonds. The standard InChI is InChI=1S/C12H19NOS/c1-3-13-8-5-9-15-12-7-4-6-11(10-12)14-2/h4,6-7,10,13H,3,5,8-9H2,1-2H3. The van der Waals surface area contributed by atoms with E-state index in [1.165, 1.54) is 11.3 Å². The van der Waals surface area contributed by atoms with E-state index in [0.29, 0.717) is 0 Å². The maximum absolute atomic E-state index is 5.17. The van der Waals surface area contributed by atoms with Crippen molar-refractivity contribution in [1.29, 1.82) is 0 Å². The average Bonchev–Trinajstić information content (AvgIpc) is 2.29. The van der Waals surface area contributed by atoms with Gasteiger partial charge in [0.15, 0.2) is 0 Å². The molecule has 0 aliphatic heterocycles. The summed E-state index contributed by atoms with van der Waals surface area (Å²) < 4.78 is 5.17. The highest BCUT2D eigenvalue weighted by Gasteiger charge is 1.96. The number of nitrogens with one attached hydrogen (secondary N) is 1. The summed E-state index contributed by atoms with van der Waals surface area (Å²) in [5.41, 5.74) is 0. The lowest BCUT2D eigenvalue weighted by Crippen LogP contribution is -2.14. The van der Waals surface area contributed by atoms with E-state index in [4.69, 9.17) is 4.74 Å². The summed E-state index contributed by atoms with van der Waals surface area (Å²) >= 11 is 1.88. The Kier molecular flexibility index (Phi) is 6.28. The van der Waals surface area contributed by atoms with Crippen LogP contribution in [0.4, 0.5) is 0 Å². The van der Waals surface area contributed by atoms with Crippen molar-refractivity contribution >= 4 is 11.8 Å². The lowest BCUT2D eigenvalue weighted by Gasteiger charge is -2.04. The summed E-state index contributed by atoms with van der Waals surface area (Å²) in [5.74, 6) is 2.09. The fourth-order valence-corrected chi connectivity index (χ4v) is 2.15. The van der Waals surface area contributed by atoms with Gasteiger partial charge in [0.05, 0.1) is 7.11 Å². The van der Waals surface area contributed by atoms with Crippen LogP contribution in [-0.4, -0.2) is 26.0 Å². The molecule has 0 fully saturated rings. The van der Waals surface area contributed by atoms with Crippen LogP contribution < -0.4 is 10.1 Å². The van der Waals surface area contributed by atoms with Crippen molar-refractivity contribution in [2.75, 3.05) is 26.0 Å². The minimum absolute atomic E-state index is 0.937. The molecule has 0 unspecified atom stereocenters. The summed E-state index contributed by atoms with van der Waals surface area (Å²) in [4.78, 5) is 1.28. The molecule has 1 aromatic rings. The summed E-state index contributed by atoms with van der Waals surface area (Å²) in [6, 6.07) is 8.21. The molecule has 1 N–H and O–H groups in total. The first-order valence-electron chi connectivity index (χ1n) is 5.34. The number of benzene rings is 1. The predicted octanol–water partition coefficient (Wildman–Crippen LogP) is 2.79. The van der Waals surface area contributed by atoms with E-state index in [0.717, 1.165) is 24.6 Å². The monoisotopic (exact) mass is 225 g/mol. The van der Waals surface area contributed by atoms with Crippen LogP contribution >= 0.6 is 11.8 Å². The van der Waals surface area contributed by atoms with Gasteiger partial charge >= 0.3 is 0 Å². The van der Waals surface area contributed by atoms with Crippen LogP contribution in [0, 0.1) is 0 Å². The van der Waals surface area contributed by atoms with E-state index in [1.54, 1.807) is 7.11 Å². The molecule has 0 saturated carbocycles. The van der Waals surface area contributed by atoms with E-state index in [2.05, 4.69) is 24.4 Å². The molecule has 0 aliphatic carbocycles. The van der Waals surface area contributed by atoms with Gasteiger partial charge in [-0.25, -0.2) is 0 Å². The van der Waals surface area contributed by atoms with Crippen molar-refractivity contribution in [1.82, 2.24) is 5.32 Å². The van der Waals surface area contributed by atoms with Gasteiger partial charge in [0.25, 0.3) is 0 Å². The molecule has 0 heterocycles. The van der Waals surface area contributed by atoms with E-state index >= 15 is 0 Å². The highest BCUT2D eigenvalue weighted by molar-refractivity contribution is 7.99. The van der Waals surface area contributed by atoms with Crippen LogP contribution in [0.3, 0.4) is 0 Å². The Morgan fingerprint density at radius 1 is 1.40 bits per heavy atom. The highest BCUT2D eigenvalue weighted by atomic mass is 32.2. The van der Waals surface area contributed by atoms with Gasteiger partial charge < -0.3 is 10.1 Å².